The Morgan fingerprint density at radius 2 is 1.78 bits per heavy atom. The number of hydrogen-bond donors (Lipinski definition) is 1. The summed E-state index contributed by atoms with van der Waals surface area (Å²) in [5.74, 6) is -1.87. The van der Waals surface area contributed by atoms with Crippen molar-refractivity contribution >= 4 is 41.2 Å². The van der Waals surface area contributed by atoms with E-state index in [0.717, 1.165) is 16.0 Å². The fraction of sp³-hybridized carbons (Fsp3) is 0.0800. The van der Waals surface area contributed by atoms with Crippen molar-refractivity contribution in [2.75, 3.05) is 4.90 Å². The number of amides is 4. The molecule has 1 saturated heterocycles. The van der Waals surface area contributed by atoms with Gasteiger partial charge in [-0.15, -0.1) is 0 Å². The smallest absolute Gasteiger partial charge is 0.273 e. The fourth-order valence-electron chi connectivity index (χ4n) is 3.56. The van der Waals surface area contributed by atoms with E-state index >= 15 is 0 Å². The lowest BCUT2D eigenvalue weighted by Gasteiger charge is -2.27. The zero-order valence-corrected chi connectivity index (χ0v) is 17.8. The van der Waals surface area contributed by atoms with Gasteiger partial charge in [-0.05, 0) is 65.9 Å². The molecule has 0 aliphatic carbocycles. The Hall–Kier alpha value is -3.77. The summed E-state index contributed by atoms with van der Waals surface area (Å²) < 4.78 is 13.6. The van der Waals surface area contributed by atoms with Crippen LogP contribution in [0.2, 0.25) is 5.02 Å². The number of imide groups is 2. The molecule has 0 atom stereocenters. The summed E-state index contributed by atoms with van der Waals surface area (Å²) in [7, 11) is 0. The molecule has 1 aliphatic rings. The van der Waals surface area contributed by atoms with Gasteiger partial charge >= 0.3 is 6.03 Å². The Bertz CT molecular complexity index is 1290. The number of carbonyl (C=O) groups is 3. The first-order valence-corrected chi connectivity index (χ1v) is 10.2. The molecular formula is C25H18ClFN2O3. The number of nitrogens with one attached hydrogen (secondary N) is 1. The highest BCUT2D eigenvalue weighted by molar-refractivity contribution is 6.39. The number of rotatable bonds is 4. The average Bonchev–Trinajstić information content (AvgIpc) is 2.74. The topological polar surface area (TPSA) is 66.5 Å². The van der Waals surface area contributed by atoms with Crippen LogP contribution in [0.25, 0.3) is 6.08 Å². The van der Waals surface area contributed by atoms with Crippen molar-refractivity contribution in [3.63, 3.8) is 0 Å². The summed E-state index contributed by atoms with van der Waals surface area (Å²) in [5, 5.41) is 2.57. The summed E-state index contributed by atoms with van der Waals surface area (Å²) >= 11 is 6.06. The Kier molecular flexibility index (Phi) is 5.88. The molecule has 1 aliphatic heterocycles. The van der Waals surface area contributed by atoms with Crippen LogP contribution in [0.3, 0.4) is 0 Å². The number of halogens is 2. The van der Waals surface area contributed by atoms with E-state index in [-0.39, 0.29) is 11.4 Å². The molecule has 0 radical (unpaired) electrons. The molecule has 7 heteroatoms. The molecule has 4 amide bonds. The van der Waals surface area contributed by atoms with Crippen LogP contribution in [-0.4, -0.2) is 17.8 Å². The van der Waals surface area contributed by atoms with Gasteiger partial charge in [0.2, 0.25) is 0 Å². The minimum Gasteiger partial charge on any atom is -0.273 e. The Labute approximate surface area is 189 Å². The van der Waals surface area contributed by atoms with E-state index in [1.54, 1.807) is 43.3 Å². The summed E-state index contributed by atoms with van der Waals surface area (Å²) in [5.41, 5.74) is 2.93. The molecule has 4 rings (SSSR count). The summed E-state index contributed by atoms with van der Waals surface area (Å²) in [6.07, 6.45) is 1.86. The van der Waals surface area contributed by atoms with Crippen LogP contribution in [0.4, 0.5) is 14.9 Å². The number of urea groups is 1. The van der Waals surface area contributed by atoms with Gasteiger partial charge in [0, 0.05) is 5.02 Å². The molecule has 0 spiro atoms. The molecule has 160 valence electrons. The SMILES string of the molecule is Cc1ccc(Cl)cc1N1C(=O)NC(=O)/C(=C\c2ccccc2Cc2cccc(F)c2)C1=O. The number of anilines is 1. The maximum atomic E-state index is 13.6. The Morgan fingerprint density at radius 3 is 2.56 bits per heavy atom. The highest BCUT2D eigenvalue weighted by Gasteiger charge is 2.37. The van der Waals surface area contributed by atoms with Crippen molar-refractivity contribution in [1.82, 2.24) is 5.32 Å². The van der Waals surface area contributed by atoms with Gasteiger partial charge in [0.25, 0.3) is 11.8 Å². The molecular weight excluding hydrogens is 431 g/mol. The molecule has 1 fully saturated rings. The second-order valence-electron chi connectivity index (χ2n) is 7.39. The number of nitrogens with zero attached hydrogens (tertiary/aromatic N) is 1. The van der Waals surface area contributed by atoms with Gasteiger partial charge in [0.15, 0.2) is 0 Å². The average molecular weight is 449 g/mol. The number of benzene rings is 3. The first kappa shape index (κ1) is 21.5. The molecule has 1 N–H and O–H groups in total. The standard InChI is InChI=1S/C25H18ClFN2O3/c1-15-9-10-19(26)14-22(15)29-24(31)21(23(30)28-25(29)32)13-18-7-3-2-6-17(18)11-16-5-4-8-20(27)12-16/h2-10,12-14H,11H2,1H3,(H,28,30,32)/b21-13+. The third-order valence-electron chi connectivity index (χ3n) is 5.15. The second kappa shape index (κ2) is 8.77. The highest BCUT2D eigenvalue weighted by atomic mass is 35.5. The van der Waals surface area contributed by atoms with E-state index in [4.69, 9.17) is 11.6 Å². The van der Waals surface area contributed by atoms with Crippen molar-refractivity contribution < 1.29 is 18.8 Å². The van der Waals surface area contributed by atoms with E-state index < -0.39 is 17.8 Å². The third kappa shape index (κ3) is 4.31. The van der Waals surface area contributed by atoms with Crippen LogP contribution < -0.4 is 10.2 Å². The molecule has 3 aromatic carbocycles. The normalized spacial score (nSPS) is 15.3. The zero-order chi connectivity index (χ0) is 22.8. The predicted octanol–water partition coefficient (Wildman–Crippen LogP) is 5.04. The van der Waals surface area contributed by atoms with Crippen LogP contribution in [0.5, 0.6) is 0 Å². The van der Waals surface area contributed by atoms with E-state index in [2.05, 4.69) is 5.32 Å². The van der Waals surface area contributed by atoms with E-state index in [1.807, 2.05) is 12.1 Å². The minimum atomic E-state index is -0.837. The monoisotopic (exact) mass is 448 g/mol. The van der Waals surface area contributed by atoms with Gasteiger partial charge < -0.3 is 0 Å². The molecule has 1 heterocycles. The zero-order valence-electron chi connectivity index (χ0n) is 17.1. The molecule has 0 unspecified atom stereocenters. The maximum Gasteiger partial charge on any atom is 0.335 e. The first-order valence-electron chi connectivity index (χ1n) is 9.83. The van der Waals surface area contributed by atoms with Gasteiger partial charge in [-0.2, -0.15) is 0 Å². The van der Waals surface area contributed by atoms with E-state index in [9.17, 15) is 18.8 Å². The number of aryl methyl sites for hydroxylation is 1. The molecule has 32 heavy (non-hydrogen) atoms. The predicted molar refractivity (Wildman–Crippen MR) is 121 cm³/mol. The van der Waals surface area contributed by atoms with E-state index in [0.29, 0.717) is 28.3 Å². The van der Waals surface area contributed by atoms with Gasteiger partial charge in [0.05, 0.1) is 5.69 Å². The van der Waals surface area contributed by atoms with Crippen LogP contribution in [0, 0.1) is 12.7 Å². The van der Waals surface area contributed by atoms with Crippen molar-refractivity contribution in [2.45, 2.75) is 13.3 Å². The molecule has 5 nitrogen and oxygen atoms in total. The van der Waals surface area contributed by atoms with Gasteiger partial charge in [-0.3, -0.25) is 14.9 Å². The van der Waals surface area contributed by atoms with Crippen LogP contribution in [0.1, 0.15) is 22.3 Å². The third-order valence-corrected chi connectivity index (χ3v) is 5.39. The van der Waals surface area contributed by atoms with Gasteiger partial charge in [-0.25, -0.2) is 14.1 Å². The minimum absolute atomic E-state index is 0.185. The van der Waals surface area contributed by atoms with Crippen molar-refractivity contribution in [3.8, 4) is 0 Å². The van der Waals surface area contributed by atoms with Crippen LogP contribution in [-0.2, 0) is 16.0 Å². The van der Waals surface area contributed by atoms with Crippen molar-refractivity contribution in [2.24, 2.45) is 0 Å². The summed E-state index contributed by atoms with van der Waals surface area (Å²) in [6.45, 7) is 1.74. The quantitative estimate of drug-likeness (QED) is 0.449. The largest absolute Gasteiger partial charge is 0.335 e. The second-order valence-corrected chi connectivity index (χ2v) is 7.83. The first-order chi connectivity index (χ1) is 15.3. The lowest BCUT2D eigenvalue weighted by Crippen LogP contribution is -2.54. The molecule has 0 saturated carbocycles. The summed E-state index contributed by atoms with van der Waals surface area (Å²) in [4.78, 5) is 39.1. The van der Waals surface area contributed by atoms with Gasteiger partial charge in [-0.1, -0.05) is 54.1 Å². The van der Waals surface area contributed by atoms with Crippen molar-refractivity contribution in [1.29, 1.82) is 0 Å². The molecule has 0 aromatic heterocycles. The van der Waals surface area contributed by atoms with Gasteiger partial charge in [0.1, 0.15) is 11.4 Å². The molecule has 3 aromatic rings. The van der Waals surface area contributed by atoms with E-state index in [1.165, 1.54) is 24.3 Å². The Morgan fingerprint density at radius 1 is 1.00 bits per heavy atom. The lowest BCUT2D eigenvalue weighted by atomic mass is 9.97. The number of carbonyl (C=O) groups excluding carboxylic acids is 3. The number of hydrogen-bond acceptors (Lipinski definition) is 3. The fourth-order valence-corrected chi connectivity index (χ4v) is 3.72. The highest BCUT2D eigenvalue weighted by Crippen LogP contribution is 2.28. The maximum absolute atomic E-state index is 13.6. The summed E-state index contributed by atoms with van der Waals surface area (Å²) in [6, 6.07) is 17.4. The van der Waals surface area contributed by atoms with Crippen molar-refractivity contribution in [3.05, 3.63) is 105 Å². The van der Waals surface area contributed by atoms with Crippen LogP contribution >= 0.6 is 11.6 Å². The lowest BCUT2D eigenvalue weighted by molar-refractivity contribution is -0.122. The van der Waals surface area contributed by atoms with Crippen LogP contribution in [0.15, 0.2) is 72.3 Å². The molecule has 0 bridgehead atoms. The number of barbiturate groups is 1. The Balaban J connectivity index is 1.74.